The highest BCUT2D eigenvalue weighted by molar-refractivity contribution is 7.19. The molecule has 0 spiro atoms. The van der Waals surface area contributed by atoms with E-state index < -0.39 is 0 Å². The number of pyridine rings is 1. The lowest BCUT2D eigenvalue weighted by Gasteiger charge is -2.14. The number of hydrogen-bond acceptors (Lipinski definition) is 3. The predicted molar refractivity (Wildman–Crippen MR) is 82.8 cm³/mol. The van der Waals surface area contributed by atoms with E-state index in [0.29, 0.717) is 6.04 Å². The van der Waals surface area contributed by atoms with Crippen molar-refractivity contribution in [3.05, 3.63) is 59.2 Å². The standard InChI is InChI=1S/C16H16N2S/c1-11-14-7-3-4-8-15(14)19-16(11)12(2)18-13-6-5-9-17-10-13/h3-10,12,18H,1-2H3. The normalized spacial score (nSPS) is 12.5. The van der Waals surface area contributed by atoms with E-state index in [2.05, 4.69) is 48.4 Å². The van der Waals surface area contributed by atoms with Crippen LogP contribution in [0.25, 0.3) is 10.1 Å². The summed E-state index contributed by atoms with van der Waals surface area (Å²) in [7, 11) is 0. The highest BCUT2D eigenvalue weighted by Gasteiger charge is 2.14. The van der Waals surface area contributed by atoms with Gasteiger partial charge in [0, 0.05) is 22.0 Å². The Balaban J connectivity index is 1.93. The maximum absolute atomic E-state index is 4.14. The molecule has 3 aromatic rings. The number of aryl methyl sites for hydroxylation is 1. The Labute approximate surface area is 117 Å². The maximum Gasteiger partial charge on any atom is 0.0582 e. The number of aromatic nitrogens is 1. The van der Waals surface area contributed by atoms with Crippen molar-refractivity contribution >= 4 is 27.1 Å². The molecule has 1 aromatic carbocycles. The van der Waals surface area contributed by atoms with Gasteiger partial charge in [0.15, 0.2) is 0 Å². The van der Waals surface area contributed by atoms with E-state index in [0.717, 1.165) is 5.69 Å². The number of nitrogens with zero attached hydrogens (tertiary/aromatic N) is 1. The molecule has 0 radical (unpaired) electrons. The van der Waals surface area contributed by atoms with Gasteiger partial charge in [-0.2, -0.15) is 0 Å². The monoisotopic (exact) mass is 268 g/mol. The van der Waals surface area contributed by atoms with E-state index in [1.54, 1.807) is 6.20 Å². The van der Waals surface area contributed by atoms with Gasteiger partial charge >= 0.3 is 0 Å². The number of thiophene rings is 1. The van der Waals surface area contributed by atoms with Crippen LogP contribution < -0.4 is 5.32 Å². The fourth-order valence-electron chi connectivity index (χ4n) is 2.37. The summed E-state index contributed by atoms with van der Waals surface area (Å²) >= 11 is 1.87. The fraction of sp³-hybridized carbons (Fsp3) is 0.188. The molecular weight excluding hydrogens is 252 g/mol. The maximum atomic E-state index is 4.14. The van der Waals surface area contributed by atoms with Crippen LogP contribution >= 0.6 is 11.3 Å². The van der Waals surface area contributed by atoms with E-state index in [1.165, 1.54) is 20.5 Å². The van der Waals surface area contributed by atoms with Crippen LogP contribution in [0.1, 0.15) is 23.4 Å². The third kappa shape index (κ3) is 2.34. The van der Waals surface area contributed by atoms with Gasteiger partial charge in [0.25, 0.3) is 0 Å². The minimum absolute atomic E-state index is 0.293. The summed E-state index contributed by atoms with van der Waals surface area (Å²) in [6, 6.07) is 12.9. The van der Waals surface area contributed by atoms with Crippen LogP contribution in [0.3, 0.4) is 0 Å². The SMILES string of the molecule is Cc1c(C(C)Nc2cccnc2)sc2ccccc12. The highest BCUT2D eigenvalue weighted by atomic mass is 32.1. The van der Waals surface area contributed by atoms with Crippen molar-refractivity contribution in [1.29, 1.82) is 0 Å². The lowest BCUT2D eigenvalue weighted by atomic mass is 10.1. The van der Waals surface area contributed by atoms with E-state index >= 15 is 0 Å². The summed E-state index contributed by atoms with van der Waals surface area (Å²) in [6.45, 7) is 4.40. The lowest BCUT2D eigenvalue weighted by Crippen LogP contribution is -2.06. The first kappa shape index (κ1) is 12.2. The van der Waals surface area contributed by atoms with Gasteiger partial charge in [-0.1, -0.05) is 18.2 Å². The average Bonchev–Trinajstić information content (AvgIpc) is 2.78. The summed E-state index contributed by atoms with van der Waals surface area (Å²) in [5.74, 6) is 0. The molecule has 0 aliphatic rings. The van der Waals surface area contributed by atoms with Gasteiger partial charge in [-0.05, 0) is 43.0 Å². The minimum Gasteiger partial charge on any atom is -0.376 e. The molecule has 3 rings (SSSR count). The Morgan fingerprint density at radius 3 is 2.74 bits per heavy atom. The number of benzene rings is 1. The number of fused-ring (bicyclic) bond motifs is 1. The van der Waals surface area contributed by atoms with Crippen molar-refractivity contribution in [2.24, 2.45) is 0 Å². The molecule has 1 unspecified atom stereocenters. The second-order valence-electron chi connectivity index (χ2n) is 4.70. The second kappa shape index (κ2) is 5.02. The Kier molecular flexibility index (Phi) is 3.22. The zero-order chi connectivity index (χ0) is 13.2. The molecule has 3 heteroatoms. The van der Waals surface area contributed by atoms with Crippen molar-refractivity contribution in [3.63, 3.8) is 0 Å². The van der Waals surface area contributed by atoms with Crippen molar-refractivity contribution in [2.75, 3.05) is 5.32 Å². The van der Waals surface area contributed by atoms with Crippen molar-refractivity contribution < 1.29 is 0 Å². The van der Waals surface area contributed by atoms with Crippen LogP contribution in [0.4, 0.5) is 5.69 Å². The number of hydrogen-bond donors (Lipinski definition) is 1. The van der Waals surface area contributed by atoms with Crippen molar-refractivity contribution in [1.82, 2.24) is 4.98 Å². The van der Waals surface area contributed by atoms with Gasteiger partial charge in [0.05, 0.1) is 11.7 Å². The third-order valence-corrected chi connectivity index (χ3v) is 4.77. The Morgan fingerprint density at radius 1 is 1.16 bits per heavy atom. The molecule has 0 amide bonds. The van der Waals surface area contributed by atoms with Crippen molar-refractivity contribution in [3.8, 4) is 0 Å². The summed E-state index contributed by atoms with van der Waals surface area (Å²) in [5, 5.41) is 4.87. The Morgan fingerprint density at radius 2 is 2.00 bits per heavy atom. The van der Waals surface area contributed by atoms with E-state index in [4.69, 9.17) is 0 Å². The molecule has 1 atom stereocenters. The van der Waals surface area contributed by atoms with Crippen LogP contribution in [0, 0.1) is 6.92 Å². The van der Waals surface area contributed by atoms with Crippen molar-refractivity contribution in [2.45, 2.75) is 19.9 Å². The smallest absolute Gasteiger partial charge is 0.0582 e. The highest BCUT2D eigenvalue weighted by Crippen LogP contribution is 2.35. The summed E-state index contributed by atoms with van der Waals surface area (Å²) in [6.07, 6.45) is 3.65. The van der Waals surface area contributed by atoms with Crippen LogP contribution in [-0.2, 0) is 0 Å². The molecule has 96 valence electrons. The van der Waals surface area contributed by atoms with Gasteiger partial charge in [-0.15, -0.1) is 11.3 Å². The molecule has 0 fully saturated rings. The summed E-state index contributed by atoms with van der Waals surface area (Å²) < 4.78 is 1.36. The topological polar surface area (TPSA) is 24.9 Å². The second-order valence-corrected chi connectivity index (χ2v) is 5.78. The zero-order valence-corrected chi connectivity index (χ0v) is 11.9. The Bertz CT molecular complexity index is 688. The molecule has 2 nitrogen and oxygen atoms in total. The van der Waals surface area contributed by atoms with Crippen LogP contribution in [-0.4, -0.2) is 4.98 Å². The van der Waals surface area contributed by atoms with E-state index in [9.17, 15) is 0 Å². The van der Waals surface area contributed by atoms with E-state index in [1.807, 2.05) is 29.7 Å². The van der Waals surface area contributed by atoms with Gasteiger partial charge in [-0.25, -0.2) is 0 Å². The summed E-state index contributed by atoms with van der Waals surface area (Å²) in [5.41, 5.74) is 2.44. The van der Waals surface area contributed by atoms with Crippen LogP contribution in [0.2, 0.25) is 0 Å². The fourth-order valence-corrected chi connectivity index (χ4v) is 3.58. The molecule has 1 N–H and O–H groups in total. The quantitative estimate of drug-likeness (QED) is 0.739. The number of rotatable bonds is 3. The minimum atomic E-state index is 0.293. The zero-order valence-electron chi connectivity index (χ0n) is 11.1. The third-order valence-electron chi connectivity index (χ3n) is 3.32. The molecule has 0 saturated heterocycles. The van der Waals surface area contributed by atoms with Crippen LogP contribution in [0.15, 0.2) is 48.8 Å². The molecule has 0 bridgehead atoms. The Hall–Kier alpha value is -1.87. The van der Waals surface area contributed by atoms with E-state index in [-0.39, 0.29) is 0 Å². The largest absolute Gasteiger partial charge is 0.376 e. The first-order valence-electron chi connectivity index (χ1n) is 6.40. The first-order chi connectivity index (χ1) is 9.25. The number of anilines is 1. The molecule has 0 aliphatic heterocycles. The molecule has 0 aliphatic carbocycles. The van der Waals surface area contributed by atoms with Gasteiger partial charge in [-0.3, -0.25) is 4.98 Å². The lowest BCUT2D eigenvalue weighted by molar-refractivity contribution is 0.898. The molecular formula is C16H16N2S. The molecule has 2 aromatic heterocycles. The molecule has 19 heavy (non-hydrogen) atoms. The van der Waals surface area contributed by atoms with Crippen LogP contribution in [0.5, 0.6) is 0 Å². The first-order valence-corrected chi connectivity index (χ1v) is 7.22. The van der Waals surface area contributed by atoms with Gasteiger partial charge in [0.1, 0.15) is 0 Å². The molecule has 0 saturated carbocycles. The number of nitrogens with one attached hydrogen (secondary N) is 1. The predicted octanol–water partition coefficient (Wildman–Crippen LogP) is 4.78. The average molecular weight is 268 g/mol. The van der Waals surface area contributed by atoms with Gasteiger partial charge in [0.2, 0.25) is 0 Å². The summed E-state index contributed by atoms with van der Waals surface area (Å²) in [4.78, 5) is 5.53. The molecule has 2 heterocycles. The van der Waals surface area contributed by atoms with Gasteiger partial charge < -0.3 is 5.32 Å².